The smallest absolute Gasteiger partial charge is 0.306 e. The third-order valence-electron chi connectivity index (χ3n) is 6.19. The van der Waals surface area contributed by atoms with Crippen LogP contribution in [0.5, 0.6) is 0 Å². The van der Waals surface area contributed by atoms with Gasteiger partial charge in [-0.1, -0.05) is 37.3 Å². The Balaban J connectivity index is 1.26. The predicted molar refractivity (Wildman–Crippen MR) is 126 cm³/mol. The van der Waals surface area contributed by atoms with Crippen LogP contribution < -0.4 is 5.56 Å². The van der Waals surface area contributed by atoms with E-state index in [0.717, 1.165) is 35.7 Å². The minimum absolute atomic E-state index is 0.0542. The van der Waals surface area contributed by atoms with Crippen molar-refractivity contribution in [1.82, 2.24) is 14.5 Å². The summed E-state index contributed by atoms with van der Waals surface area (Å²) in [4.78, 5) is 45.8. The van der Waals surface area contributed by atoms with Crippen molar-refractivity contribution in [2.45, 2.75) is 45.1 Å². The van der Waals surface area contributed by atoms with Crippen LogP contribution in [0.4, 0.5) is 0 Å². The maximum Gasteiger partial charge on any atom is 0.306 e. The highest BCUT2D eigenvalue weighted by Crippen LogP contribution is 2.35. The first kappa shape index (κ1) is 21.1. The highest BCUT2D eigenvalue weighted by Gasteiger charge is 2.28. The van der Waals surface area contributed by atoms with Crippen molar-refractivity contribution >= 4 is 33.6 Å². The van der Waals surface area contributed by atoms with Gasteiger partial charge in [0.1, 0.15) is 5.82 Å². The quantitative estimate of drug-likeness (QED) is 0.326. The number of ether oxygens (including phenoxy) is 1. The Bertz CT molecular complexity index is 1430. The summed E-state index contributed by atoms with van der Waals surface area (Å²) < 4.78 is 6.99. The van der Waals surface area contributed by atoms with Crippen LogP contribution in [-0.2, 0) is 22.4 Å². The summed E-state index contributed by atoms with van der Waals surface area (Å²) in [5, 5.41) is 1.43. The van der Waals surface area contributed by atoms with Crippen LogP contribution in [0.3, 0.4) is 0 Å². The van der Waals surface area contributed by atoms with Gasteiger partial charge < -0.3 is 9.72 Å². The zero-order valence-corrected chi connectivity index (χ0v) is 18.5. The van der Waals surface area contributed by atoms with Gasteiger partial charge in [-0.25, -0.2) is 4.98 Å². The molecule has 4 aromatic rings. The molecule has 1 saturated carbocycles. The number of benzene rings is 2. The Morgan fingerprint density at radius 3 is 2.70 bits per heavy atom. The lowest BCUT2D eigenvalue weighted by atomic mass is 10.1. The molecule has 0 atom stereocenters. The second-order valence-corrected chi connectivity index (χ2v) is 8.43. The molecule has 1 N–H and O–H groups in total. The minimum atomic E-state index is -0.484. The number of nitrogens with one attached hydrogen (secondary N) is 1. The number of esters is 1. The fraction of sp³-hybridized carbons (Fsp3) is 0.308. The van der Waals surface area contributed by atoms with Gasteiger partial charge in [0.25, 0.3) is 5.56 Å². The number of hydrogen-bond acceptors (Lipinski definition) is 5. The molecule has 33 heavy (non-hydrogen) atoms. The van der Waals surface area contributed by atoms with Crippen LogP contribution in [0.25, 0.3) is 21.8 Å². The molecule has 2 aromatic heterocycles. The summed E-state index contributed by atoms with van der Waals surface area (Å²) in [6, 6.07) is 13.2. The largest absolute Gasteiger partial charge is 0.457 e. The number of carbonyl (C=O) groups excluding carboxylic acids is 2. The number of H-pyrrole nitrogens is 1. The number of rotatable bonds is 8. The van der Waals surface area contributed by atoms with E-state index in [2.05, 4.69) is 16.9 Å². The van der Waals surface area contributed by atoms with Crippen LogP contribution >= 0.6 is 0 Å². The molecule has 2 heterocycles. The summed E-state index contributed by atoms with van der Waals surface area (Å²) in [5.41, 5.74) is 3.16. The molecule has 0 unspecified atom stereocenters. The van der Waals surface area contributed by atoms with Crippen LogP contribution in [-0.4, -0.2) is 32.9 Å². The van der Waals surface area contributed by atoms with Crippen LogP contribution in [0.2, 0.25) is 0 Å². The van der Waals surface area contributed by atoms with Gasteiger partial charge in [0.2, 0.25) is 5.78 Å². The Kier molecular flexibility index (Phi) is 5.54. The van der Waals surface area contributed by atoms with E-state index in [1.165, 1.54) is 0 Å². The number of aromatic amines is 1. The van der Waals surface area contributed by atoms with E-state index >= 15 is 0 Å². The maximum absolute atomic E-state index is 12.9. The average molecular weight is 444 g/mol. The minimum Gasteiger partial charge on any atom is -0.457 e. The lowest BCUT2D eigenvalue weighted by molar-refractivity contribution is -0.142. The lowest BCUT2D eigenvalue weighted by Gasteiger charge is -2.12. The third kappa shape index (κ3) is 4.06. The van der Waals surface area contributed by atoms with Crippen molar-refractivity contribution in [3.05, 3.63) is 76.0 Å². The monoisotopic (exact) mass is 443 g/mol. The van der Waals surface area contributed by atoms with E-state index in [1.54, 1.807) is 22.9 Å². The van der Waals surface area contributed by atoms with E-state index < -0.39 is 5.97 Å². The highest BCUT2D eigenvalue weighted by atomic mass is 16.5. The van der Waals surface area contributed by atoms with Crippen molar-refractivity contribution in [1.29, 1.82) is 0 Å². The first-order chi connectivity index (χ1) is 16.1. The number of nitrogens with zero attached hydrogens (tertiary/aromatic N) is 2. The van der Waals surface area contributed by atoms with Gasteiger partial charge in [0.05, 0.1) is 17.3 Å². The van der Waals surface area contributed by atoms with Crippen LogP contribution in [0, 0.1) is 0 Å². The molecule has 5 rings (SSSR count). The zero-order valence-electron chi connectivity index (χ0n) is 18.5. The molecular formula is C26H25N3O4. The molecule has 0 bridgehead atoms. The van der Waals surface area contributed by atoms with Gasteiger partial charge in [0.15, 0.2) is 6.61 Å². The third-order valence-corrected chi connectivity index (χ3v) is 6.19. The van der Waals surface area contributed by atoms with Crippen molar-refractivity contribution in [2.24, 2.45) is 0 Å². The summed E-state index contributed by atoms with van der Waals surface area (Å²) in [7, 11) is 0. The number of hydrogen-bond donors (Lipinski definition) is 1. The summed E-state index contributed by atoms with van der Waals surface area (Å²) >= 11 is 0. The Morgan fingerprint density at radius 1 is 1.12 bits per heavy atom. The van der Waals surface area contributed by atoms with E-state index in [1.807, 2.05) is 30.3 Å². The standard InChI is InChI=1S/C26H25N3O4/c1-2-16-6-5-8-18-20(14-27-25(16)18)22(30)15-33-24(31)13-12-23-28-21-9-4-3-7-19(21)26(32)29(23)17-10-11-17/h3-9,14,17,27H,2,10-13,15H2,1H3. The van der Waals surface area contributed by atoms with Crippen molar-refractivity contribution in [3.8, 4) is 0 Å². The van der Waals surface area contributed by atoms with Crippen molar-refractivity contribution in [2.75, 3.05) is 6.61 Å². The molecule has 1 aliphatic carbocycles. The fourth-order valence-corrected chi connectivity index (χ4v) is 4.33. The first-order valence-corrected chi connectivity index (χ1v) is 11.3. The SMILES string of the molecule is CCc1cccc2c(C(=O)COC(=O)CCc3nc4ccccc4c(=O)n3C3CC3)c[nH]c12. The van der Waals surface area contributed by atoms with Crippen LogP contribution in [0.15, 0.2) is 53.5 Å². The molecule has 168 valence electrons. The number of ketones is 1. The molecule has 0 aliphatic heterocycles. The summed E-state index contributed by atoms with van der Waals surface area (Å²) in [6.45, 7) is 1.74. The number of aryl methyl sites for hydroxylation is 2. The van der Waals surface area contributed by atoms with E-state index in [9.17, 15) is 14.4 Å². The molecule has 7 nitrogen and oxygen atoms in total. The van der Waals surface area contributed by atoms with Gasteiger partial charge in [0, 0.05) is 35.1 Å². The number of para-hydroxylation sites is 2. The van der Waals surface area contributed by atoms with E-state index in [0.29, 0.717) is 22.3 Å². The molecule has 2 aromatic carbocycles. The van der Waals surface area contributed by atoms with E-state index in [4.69, 9.17) is 4.74 Å². The normalized spacial score (nSPS) is 13.5. The van der Waals surface area contributed by atoms with Gasteiger partial charge >= 0.3 is 5.97 Å². The molecule has 1 fully saturated rings. The topological polar surface area (TPSA) is 94.1 Å². The molecular weight excluding hydrogens is 418 g/mol. The zero-order chi connectivity index (χ0) is 22.9. The van der Waals surface area contributed by atoms with Crippen molar-refractivity contribution < 1.29 is 14.3 Å². The average Bonchev–Trinajstić information content (AvgIpc) is 3.57. The molecule has 1 aliphatic rings. The fourth-order valence-electron chi connectivity index (χ4n) is 4.33. The number of aromatic nitrogens is 3. The first-order valence-electron chi connectivity index (χ1n) is 11.3. The summed E-state index contributed by atoms with van der Waals surface area (Å²) in [5.74, 6) is -0.142. The van der Waals surface area contributed by atoms with Gasteiger partial charge in [-0.05, 0) is 37.0 Å². The Morgan fingerprint density at radius 2 is 1.91 bits per heavy atom. The second kappa shape index (κ2) is 8.65. The molecule has 0 spiro atoms. The van der Waals surface area contributed by atoms with Crippen LogP contribution in [0.1, 0.15) is 54.0 Å². The Labute approximate surface area is 190 Å². The van der Waals surface area contributed by atoms with Crippen molar-refractivity contribution in [3.63, 3.8) is 0 Å². The summed E-state index contributed by atoms with van der Waals surface area (Å²) in [6.07, 6.45) is 4.75. The molecule has 0 amide bonds. The Hall–Kier alpha value is -3.74. The number of carbonyl (C=O) groups is 2. The van der Waals surface area contributed by atoms with Gasteiger partial charge in [-0.15, -0.1) is 0 Å². The van der Waals surface area contributed by atoms with E-state index in [-0.39, 0.29) is 36.8 Å². The lowest BCUT2D eigenvalue weighted by Crippen LogP contribution is -2.25. The molecule has 7 heteroatoms. The highest BCUT2D eigenvalue weighted by molar-refractivity contribution is 6.09. The van der Waals surface area contributed by atoms with Gasteiger partial charge in [-0.2, -0.15) is 0 Å². The molecule has 0 radical (unpaired) electrons. The number of Topliss-reactive ketones (excluding diaryl/α,β-unsaturated/α-hetero) is 1. The number of fused-ring (bicyclic) bond motifs is 2. The van der Waals surface area contributed by atoms with Gasteiger partial charge in [-0.3, -0.25) is 19.0 Å². The molecule has 0 saturated heterocycles. The predicted octanol–water partition coefficient (Wildman–Crippen LogP) is 4.13. The second-order valence-electron chi connectivity index (χ2n) is 8.43. The maximum atomic E-state index is 12.9.